The summed E-state index contributed by atoms with van der Waals surface area (Å²) in [4.78, 5) is 25.3. The van der Waals surface area contributed by atoms with Gasteiger partial charge in [-0.25, -0.2) is 0 Å². The average molecular weight is 318 g/mol. The molecule has 0 fully saturated rings. The van der Waals surface area contributed by atoms with Crippen molar-refractivity contribution in [3.63, 3.8) is 0 Å². The zero-order valence-electron chi connectivity index (χ0n) is 12.6. The number of rotatable bonds is 3. The van der Waals surface area contributed by atoms with Crippen LogP contribution in [0, 0.1) is 0 Å². The summed E-state index contributed by atoms with van der Waals surface area (Å²) in [7, 11) is 0. The van der Waals surface area contributed by atoms with Crippen LogP contribution in [0.2, 0.25) is 0 Å². The van der Waals surface area contributed by atoms with Crippen molar-refractivity contribution in [2.75, 3.05) is 11.1 Å². The third kappa shape index (κ3) is 2.58. The molecule has 0 unspecified atom stereocenters. The van der Waals surface area contributed by atoms with E-state index < -0.39 is 0 Å². The minimum atomic E-state index is -0.350. The second-order valence-electron chi connectivity index (χ2n) is 5.30. The highest BCUT2D eigenvalue weighted by Crippen LogP contribution is 2.22. The molecular formula is C17H14N6O. The third-order valence-corrected chi connectivity index (χ3v) is 3.63. The number of imidazole rings is 1. The van der Waals surface area contributed by atoms with Gasteiger partial charge in [-0.2, -0.15) is 9.97 Å². The second kappa shape index (κ2) is 5.54. The first kappa shape index (κ1) is 14.0. The van der Waals surface area contributed by atoms with Crippen LogP contribution in [0.3, 0.4) is 0 Å². The van der Waals surface area contributed by atoms with Crippen molar-refractivity contribution in [2.24, 2.45) is 0 Å². The van der Waals surface area contributed by atoms with Gasteiger partial charge in [-0.05, 0) is 23.3 Å². The molecule has 2 aromatic heterocycles. The number of anilines is 3. The van der Waals surface area contributed by atoms with E-state index in [0.717, 1.165) is 16.8 Å². The fourth-order valence-electron chi connectivity index (χ4n) is 2.50. The smallest absolute Gasteiger partial charge is 0.278 e. The topological polar surface area (TPSA) is 112 Å². The van der Waals surface area contributed by atoms with Crippen molar-refractivity contribution in [1.82, 2.24) is 19.9 Å². The average Bonchev–Trinajstić information content (AvgIpc) is 2.99. The lowest BCUT2D eigenvalue weighted by molar-refractivity contribution is 1.17. The number of nitrogen functional groups attached to an aromatic ring is 1. The zero-order chi connectivity index (χ0) is 16.5. The fraction of sp³-hybridized carbons (Fsp3) is 0. The third-order valence-electron chi connectivity index (χ3n) is 3.63. The van der Waals surface area contributed by atoms with Gasteiger partial charge in [0.1, 0.15) is 0 Å². The van der Waals surface area contributed by atoms with E-state index >= 15 is 0 Å². The molecule has 5 N–H and O–H groups in total. The Morgan fingerprint density at radius 3 is 2.33 bits per heavy atom. The summed E-state index contributed by atoms with van der Waals surface area (Å²) in [6.07, 6.45) is 0. The van der Waals surface area contributed by atoms with Crippen molar-refractivity contribution in [1.29, 1.82) is 0 Å². The van der Waals surface area contributed by atoms with Crippen molar-refractivity contribution in [3.05, 3.63) is 65.0 Å². The van der Waals surface area contributed by atoms with Crippen molar-refractivity contribution >= 4 is 28.7 Å². The van der Waals surface area contributed by atoms with E-state index in [9.17, 15) is 4.79 Å². The number of nitrogens with two attached hydrogens (primary N) is 1. The first-order valence-corrected chi connectivity index (χ1v) is 7.37. The largest absolute Gasteiger partial charge is 0.369 e. The van der Waals surface area contributed by atoms with Gasteiger partial charge in [0.25, 0.3) is 5.56 Å². The molecule has 0 radical (unpaired) electrons. The highest BCUT2D eigenvalue weighted by atomic mass is 16.1. The highest BCUT2D eigenvalue weighted by molar-refractivity contribution is 5.75. The Morgan fingerprint density at radius 1 is 0.875 bits per heavy atom. The standard InChI is InChI=1S/C17H14N6O/c18-16-21-14-13(15(24)23-16)20-17(22-14)19-12-8-6-11(7-9-12)10-4-2-1-3-5-10/h1-9H,(H5,18,19,20,21,22,23,24). The van der Waals surface area contributed by atoms with Crippen LogP contribution >= 0.6 is 0 Å². The molecule has 0 saturated carbocycles. The first-order chi connectivity index (χ1) is 11.7. The number of hydrogen-bond acceptors (Lipinski definition) is 5. The minimum absolute atomic E-state index is 0.0396. The molecule has 0 aliphatic rings. The lowest BCUT2D eigenvalue weighted by Crippen LogP contribution is -2.10. The van der Waals surface area contributed by atoms with Crippen LogP contribution in [-0.2, 0) is 0 Å². The van der Waals surface area contributed by atoms with Gasteiger partial charge in [0.15, 0.2) is 11.2 Å². The van der Waals surface area contributed by atoms with Crippen molar-refractivity contribution in [2.45, 2.75) is 0 Å². The first-order valence-electron chi connectivity index (χ1n) is 7.37. The molecule has 2 heterocycles. The Labute approximate surface area is 136 Å². The highest BCUT2D eigenvalue weighted by Gasteiger charge is 2.08. The molecule has 0 aliphatic carbocycles. The number of hydrogen-bond donors (Lipinski definition) is 4. The van der Waals surface area contributed by atoms with E-state index in [1.807, 2.05) is 42.5 Å². The van der Waals surface area contributed by atoms with Crippen LogP contribution < -0.4 is 16.6 Å². The van der Waals surface area contributed by atoms with Gasteiger partial charge in [0.2, 0.25) is 11.9 Å². The molecule has 0 atom stereocenters. The van der Waals surface area contributed by atoms with Crippen molar-refractivity contribution in [3.8, 4) is 11.1 Å². The number of benzene rings is 2. The van der Waals surface area contributed by atoms with Crippen LogP contribution in [-0.4, -0.2) is 19.9 Å². The monoisotopic (exact) mass is 318 g/mol. The van der Waals surface area contributed by atoms with E-state index in [4.69, 9.17) is 5.73 Å². The van der Waals surface area contributed by atoms with Gasteiger partial charge in [-0.3, -0.25) is 9.78 Å². The summed E-state index contributed by atoms with van der Waals surface area (Å²) in [5.41, 5.74) is 8.85. The second-order valence-corrected chi connectivity index (χ2v) is 5.30. The predicted octanol–water partition coefficient (Wildman–Crippen LogP) is 2.64. The summed E-state index contributed by atoms with van der Waals surface area (Å²) in [6.45, 7) is 0. The molecule has 0 spiro atoms. The Hall–Kier alpha value is -3.61. The molecule has 0 saturated heterocycles. The number of aromatic amines is 2. The van der Waals surface area contributed by atoms with Crippen molar-refractivity contribution < 1.29 is 0 Å². The molecule has 0 aliphatic heterocycles. The van der Waals surface area contributed by atoms with E-state index in [1.54, 1.807) is 0 Å². The maximum absolute atomic E-state index is 11.8. The number of nitrogens with one attached hydrogen (secondary N) is 3. The normalized spacial score (nSPS) is 10.8. The van der Waals surface area contributed by atoms with E-state index in [1.165, 1.54) is 0 Å². The Kier molecular flexibility index (Phi) is 3.24. The van der Waals surface area contributed by atoms with E-state index in [0.29, 0.717) is 5.95 Å². The molecule has 118 valence electrons. The molecule has 4 rings (SSSR count). The van der Waals surface area contributed by atoms with Gasteiger partial charge in [0, 0.05) is 5.69 Å². The number of nitrogens with zero attached hydrogens (tertiary/aromatic N) is 2. The zero-order valence-corrected chi connectivity index (χ0v) is 12.6. The molecule has 24 heavy (non-hydrogen) atoms. The Morgan fingerprint density at radius 2 is 1.58 bits per heavy atom. The van der Waals surface area contributed by atoms with Crippen LogP contribution in [0.1, 0.15) is 0 Å². The van der Waals surface area contributed by atoms with Gasteiger partial charge < -0.3 is 16.0 Å². The van der Waals surface area contributed by atoms with Gasteiger partial charge >= 0.3 is 0 Å². The lowest BCUT2D eigenvalue weighted by atomic mass is 10.1. The molecule has 0 bridgehead atoms. The van der Waals surface area contributed by atoms with Crippen LogP contribution in [0.25, 0.3) is 22.3 Å². The summed E-state index contributed by atoms with van der Waals surface area (Å²) in [6, 6.07) is 18.0. The molecule has 2 aromatic carbocycles. The molecule has 7 heteroatoms. The molecule has 4 aromatic rings. The number of H-pyrrole nitrogens is 2. The SMILES string of the molecule is Nc1nc2nc(Nc3ccc(-c4ccccc4)cc3)[nH]c2c(=O)[nH]1. The maximum Gasteiger partial charge on any atom is 0.278 e. The van der Waals surface area contributed by atoms with E-state index in [2.05, 4.69) is 37.4 Å². The Bertz CT molecular complexity index is 1050. The fourth-order valence-corrected chi connectivity index (χ4v) is 2.50. The quantitative estimate of drug-likeness (QED) is 0.464. The summed E-state index contributed by atoms with van der Waals surface area (Å²) in [5.74, 6) is 0.471. The van der Waals surface area contributed by atoms with E-state index in [-0.39, 0.29) is 22.7 Å². The molecule has 0 amide bonds. The summed E-state index contributed by atoms with van der Waals surface area (Å²) < 4.78 is 0. The minimum Gasteiger partial charge on any atom is -0.369 e. The van der Waals surface area contributed by atoms with Gasteiger partial charge in [-0.1, -0.05) is 42.5 Å². The van der Waals surface area contributed by atoms with Gasteiger partial charge in [0.05, 0.1) is 0 Å². The van der Waals surface area contributed by atoms with Gasteiger partial charge in [-0.15, -0.1) is 0 Å². The lowest BCUT2D eigenvalue weighted by Gasteiger charge is -2.05. The number of fused-ring (bicyclic) bond motifs is 1. The molecular weight excluding hydrogens is 304 g/mol. The Balaban J connectivity index is 1.62. The van der Waals surface area contributed by atoms with Crippen LogP contribution in [0.15, 0.2) is 59.4 Å². The molecule has 7 nitrogen and oxygen atoms in total. The maximum atomic E-state index is 11.8. The summed E-state index contributed by atoms with van der Waals surface area (Å²) in [5, 5.41) is 3.12. The predicted molar refractivity (Wildman–Crippen MR) is 94.1 cm³/mol. The number of aromatic nitrogens is 4. The summed E-state index contributed by atoms with van der Waals surface area (Å²) >= 11 is 0. The van der Waals surface area contributed by atoms with Crippen LogP contribution in [0.4, 0.5) is 17.6 Å². The van der Waals surface area contributed by atoms with Crippen LogP contribution in [0.5, 0.6) is 0 Å².